The molecule has 0 aliphatic rings. The molecule has 0 radical (unpaired) electrons. The van der Waals surface area contributed by atoms with Crippen molar-refractivity contribution < 1.29 is 19.4 Å². The lowest BCUT2D eigenvalue weighted by atomic mass is 10.0. The first-order valence-corrected chi connectivity index (χ1v) is 7.44. The lowest BCUT2D eigenvalue weighted by molar-refractivity contribution is -0.142. The summed E-state index contributed by atoms with van der Waals surface area (Å²) in [6, 6.07) is 3.06. The van der Waals surface area contributed by atoms with Gasteiger partial charge in [0.1, 0.15) is 11.8 Å². The second-order valence-electron chi connectivity index (χ2n) is 6.03. The number of aryl methyl sites for hydroxylation is 2. The maximum absolute atomic E-state index is 11.9. The normalized spacial score (nSPS) is 12.1. The fourth-order valence-corrected chi connectivity index (χ4v) is 2.21. The summed E-state index contributed by atoms with van der Waals surface area (Å²) in [6.45, 7) is 9.47. The van der Waals surface area contributed by atoms with Crippen LogP contribution in [0.25, 0.3) is 0 Å². The number of nitrogens with one attached hydrogen (secondary N) is 1. The molecular weight excluding hydrogens is 282 g/mol. The van der Waals surface area contributed by atoms with Crippen molar-refractivity contribution in [1.29, 1.82) is 0 Å². The molecule has 2 N–H and O–H groups in total. The fourth-order valence-electron chi connectivity index (χ4n) is 2.21. The Bertz CT molecular complexity index is 552. The monoisotopic (exact) mass is 307 g/mol. The van der Waals surface area contributed by atoms with Crippen molar-refractivity contribution in [3.05, 3.63) is 28.8 Å². The molecule has 0 heterocycles. The van der Waals surface area contributed by atoms with Crippen LogP contribution in [0.2, 0.25) is 0 Å². The highest BCUT2D eigenvalue weighted by Gasteiger charge is 2.21. The molecule has 0 bridgehead atoms. The van der Waals surface area contributed by atoms with Crippen molar-refractivity contribution in [2.24, 2.45) is 5.92 Å². The third-order valence-electron chi connectivity index (χ3n) is 3.56. The Balaban J connectivity index is 2.66. The summed E-state index contributed by atoms with van der Waals surface area (Å²) >= 11 is 0. The van der Waals surface area contributed by atoms with E-state index >= 15 is 0 Å². The van der Waals surface area contributed by atoms with Gasteiger partial charge in [-0.2, -0.15) is 0 Å². The Morgan fingerprint density at radius 2 is 1.77 bits per heavy atom. The summed E-state index contributed by atoms with van der Waals surface area (Å²) in [7, 11) is 0. The van der Waals surface area contributed by atoms with Crippen molar-refractivity contribution >= 4 is 11.9 Å². The smallest absolute Gasteiger partial charge is 0.326 e. The molecule has 0 saturated heterocycles. The number of hydrogen-bond donors (Lipinski definition) is 2. The number of amides is 1. The molecule has 22 heavy (non-hydrogen) atoms. The van der Waals surface area contributed by atoms with Gasteiger partial charge in [0.25, 0.3) is 5.91 Å². The van der Waals surface area contributed by atoms with E-state index in [-0.39, 0.29) is 12.5 Å². The Morgan fingerprint density at radius 3 is 2.32 bits per heavy atom. The van der Waals surface area contributed by atoms with E-state index in [1.54, 1.807) is 0 Å². The molecule has 1 aromatic rings. The van der Waals surface area contributed by atoms with Crippen LogP contribution in [0.4, 0.5) is 0 Å². The maximum atomic E-state index is 11.9. The number of carboxylic acid groups (broad SMARTS) is 1. The molecule has 5 nitrogen and oxygen atoms in total. The number of carbonyl (C=O) groups excluding carboxylic acids is 1. The van der Waals surface area contributed by atoms with Crippen molar-refractivity contribution in [3.63, 3.8) is 0 Å². The molecule has 1 aromatic carbocycles. The minimum atomic E-state index is -1.02. The third kappa shape index (κ3) is 5.06. The molecule has 1 atom stereocenters. The van der Waals surface area contributed by atoms with E-state index in [2.05, 4.69) is 5.32 Å². The van der Waals surface area contributed by atoms with Gasteiger partial charge in [-0.3, -0.25) is 4.79 Å². The molecule has 1 rings (SSSR count). The number of ether oxygens (including phenoxy) is 1. The molecule has 0 aliphatic heterocycles. The van der Waals surface area contributed by atoms with Crippen LogP contribution in [0.15, 0.2) is 12.1 Å². The van der Waals surface area contributed by atoms with Crippen LogP contribution in [-0.2, 0) is 9.59 Å². The number of benzene rings is 1. The highest BCUT2D eigenvalue weighted by atomic mass is 16.5. The van der Waals surface area contributed by atoms with E-state index < -0.39 is 17.9 Å². The zero-order valence-electron chi connectivity index (χ0n) is 13.9. The van der Waals surface area contributed by atoms with Crippen LogP contribution in [0.3, 0.4) is 0 Å². The van der Waals surface area contributed by atoms with E-state index in [4.69, 9.17) is 9.84 Å². The van der Waals surface area contributed by atoms with Crippen molar-refractivity contribution in [3.8, 4) is 5.75 Å². The number of hydrogen-bond acceptors (Lipinski definition) is 3. The molecule has 0 aliphatic carbocycles. The molecule has 0 fully saturated rings. The third-order valence-corrected chi connectivity index (χ3v) is 3.56. The van der Waals surface area contributed by atoms with Gasteiger partial charge in [-0.15, -0.1) is 0 Å². The fraction of sp³-hybridized carbons (Fsp3) is 0.529. The summed E-state index contributed by atoms with van der Waals surface area (Å²) < 4.78 is 5.59. The number of rotatable bonds is 7. The van der Waals surface area contributed by atoms with Crippen molar-refractivity contribution in [2.45, 2.75) is 47.1 Å². The molecular formula is C17H25NO4. The largest absolute Gasteiger partial charge is 0.483 e. The first kappa shape index (κ1) is 18.0. The zero-order valence-corrected chi connectivity index (χ0v) is 13.9. The van der Waals surface area contributed by atoms with E-state index in [0.717, 1.165) is 16.7 Å². The van der Waals surface area contributed by atoms with E-state index in [9.17, 15) is 9.59 Å². The molecule has 5 heteroatoms. The van der Waals surface area contributed by atoms with Gasteiger partial charge < -0.3 is 15.2 Å². The molecule has 1 amide bonds. The average Bonchev–Trinajstić information content (AvgIpc) is 2.41. The number of carboxylic acids is 1. The van der Waals surface area contributed by atoms with E-state index in [1.807, 2.05) is 46.8 Å². The molecule has 0 saturated carbocycles. The maximum Gasteiger partial charge on any atom is 0.326 e. The lowest BCUT2D eigenvalue weighted by Gasteiger charge is -2.18. The minimum absolute atomic E-state index is 0.184. The first-order valence-electron chi connectivity index (χ1n) is 7.44. The Hall–Kier alpha value is -2.04. The van der Waals surface area contributed by atoms with E-state index in [1.165, 1.54) is 0 Å². The van der Waals surface area contributed by atoms with Gasteiger partial charge in [0.15, 0.2) is 6.61 Å². The summed E-state index contributed by atoms with van der Waals surface area (Å²) in [6.07, 6.45) is 0.392. The average molecular weight is 307 g/mol. The van der Waals surface area contributed by atoms with Crippen LogP contribution in [0.5, 0.6) is 5.75 Å². The van der Waals surface area contributed by atoms with Crippen molar-refractivity contribution in [2.75, 3.05) is 6.61 Å². The van der Waals surface area contributed by atoms with Crippen LogP contribution in [-0.4, -0.2) is 29.6 Å². The van der Waals surface area contributed by atoms with Gasteiger partial charge in [-0.25, -0.2) is 4.79 Å². The van der Waals surface area contributed by atoms with Crippen LogP contribution < -0.4 is 10.1 Å². The Morgan fingerprint density at radius 1 is 1.18 bits per heavy atom. The summed E-state index contributed by atoms with van der Waals surface area (Å²) in [5.41, 5.74) is 3.03. The molecule has 0 aromatic heterocycles. The number of carbonyl (C=O) groups is 2. The SMILES string of the molecule is Cc1ccc(C)c(OCC(=O)NC(CC(C)C)C(=O)O)c1C. The van der Waals surface area contributed by atoms with Gasteiger partial charge in [-0.1, -0.05) is 26.0 Å². The first-order chi connectivity index (χ1) is 10.2. The predicted molar refractivity (Wildman–Crippen MR) is 85.2 cm³/mol. The highest BCUT2D eigenvalue weighted by molar-refractivity contribution is 5.84. The summed E-state index contributed by atoms with van der Waals surface area (Å²) in [4.78, 5) is 23.1. The lowest BCUT2D eigenvalue weighted by Crippen LogP contribution is -2.43. The topological polar surface area (TPSA) is 75.6 Å². The summed E-state index contributed by atoms with van der Waals surface area (Å²) in [5, 5.41) is 11.6. The number of aliphatic carboxylic acids is 1. The van der Waals surface area contributed by atoms with Crippen LogP contribution >= 0.6 is 0 Å². The summed E-state index contributed by atoms with van der Waals surface area (Å²) in [5.74, 6) is -0.576. The van der Waals surface area contributed by atoms with Gasteiger partial charge in [-0.05, 0) is 49.8 Å². The van der Waals surface area contributed by atoms with Gasteiger partial charge in [0.05, 0.1) is 0 Å². The Kier molecular flexibility index (Phi) is 6.40. The van der Waals surface area contributed by atoms with E-state index in [0.29, 0.717) is 12.2 Å². The van der Waals surface area contributed by atoms with Gasteiger partial charge >= 0.3 is 5.97 Å². The van der Waals surface area contributed by atoms with Crippen LogP contribution in [0.1, 0.15) is 37.0 Å². The molecule has 122 valence electrons. The zero-order chi connectivity index (χ0) is 16.9. The van der Waals surface area contributed by atoms with Crippen molar-refractivity contribution in [1.82, 2.24) is 5.32 Å². The predicted octanol–water partition coefficient (Wildman–Crippen LogP) is 2.61. The second-order valence-corrected chi connectivity index (χ2v) is 6.03. The molecule has 0 spiro atoms. The van der Waals surface area contributed by atoms with Gasteiger partial charge in [0, 0.05) is 0 Å². The minimum Gasteiger partial charge on any atom is -0.483 e. The quantitative estimate of drug-likeness (QED) is 0.812. The molecule has 1 unspecified atom stereocenters. The second kappa shape index (κ2) is 7.82. The highest BCUT2D eigenvalue weighted by Crippen LogP contribution is 2.25. The van der Waals surface area contributed by atoms with Crippen LogP contribution in [0, 0.1) is 26.7 Å². The Labute approximate surface area is 131 Å². The standard InChI is InChI=1S/C17H25NO4/c1-10(2)8-14(17(20)21)18-15(19)9-22-16-12(4)7-6-11(3)13(16)5/h6-7,10,14H,8-9H2,1-5H3,(H,18,19)(H,20,21). The van der Waals surface area contributed by atoms with Gasteiger partial charge in [0.2, 0.25) is 0 Å².